The SMILES string of the molecule is Cc1c(N=c2scc(-c3ccc(Br)cc3)n2N=C2CCCCC2)c(=O)n(-c2ccccc2)n1C. The van der Waals surface area contributed by atoms with Crippen LogP contribution in [0.1, 0.15) is 37.8 Å². The minimum atomic E-state index is -0.137. The van der Waals surface area contributed by atoms with Crippen LogP contribution in [0.5, 0.6) is 0 Å². The highest BCUT2D eigenvalue weighted by Gasteiger charge is 2.17. The van der Waals surface area contributed by atoms with Crippen LogP contribution in [0.15, 0.2) is 79.3 Å². The first kappa shape index (κ1) is 22.8. The fourth-order valence-corrected chi connectivity index (χ4v) is 5.37. The van der Waals surface area contributed by atoms with Gasteiger partial charge in [-0.25, -0.2) is 14.4 Å². The highest BCUT2D eigenvalue weighted by atomic mass is 79.9. The van der Waals surface area contributed by atoms with E-state index in [2.05, 4.69) is 33.4 Å². The van der Waals surface area contributed by atoms with Crippen LogP contribution in [0.3, 0.4) is 0 Å². The molecule has 1 saturated carbocycles. The quantitative estimate of drug-likeness (QED) is 0.308. The largest absolute Gasteiger partial charge is 0.297 e. The van der Waals surface area contributed by atoms with Gasteiger partial charge in [0.05, 0.1) is 17.1 Å². The number of halogens is 1. The van der Waals surface area contributed by atoms with Crippen molar-refractivity contribution in [3.63, 3.8) is 0 Å². The van der Waals surface area contributed by atoms with Gasteiger partial charge < -0.3 is 0 Å². The Labute approximate surface area is 210 Å². The smallest absolute Gasteiger partial charge is 0.283 e. The molecule has 4 aromatic rings. The summed E-state index contributed by atoms with van der Waals surface area (Å²) < 4.78 is 6.47. The molecule has 5 rings (SSSR count). The first-order chi connectivity index (χ1) is 16.5. The molecule has 2 aromatic heterocycles. The summed E-state index contributed by atoms with van der Waals surface area (Å²) in [7, 11) is 1.89. The number of hydrogen-bond donors (Lipinski definition) is 0. The van der Waals surface area contributed by atoms with E-state index in [-0.39, 0.29) is 5.56 Å². The molecule has 0 unspecified atom stereocenters. The van der Waals surface area contributed by atoms with Gasteiger partial charge in [0, 0.05) is 28.2 Å². The number of thiazole rings is 1. The Morgan fingerprint density at radius 1 is 0.971 bits per heavy atom. The number of rotatable bonds is 4. The lowest BCUT2D eigenvalue weighted by atomic mass is 9.99. The summed E-state index contributed by atoms with van der Waals surface area (Å²) in [6, 6.07) is 17.9. The standard InChI is InChI=1S/C26H26BrN5OS/c1-18-24(25(33)32(30(18)2)22-11-7-4-8-12-22)28-26-31(29-21-9-5-3-6-10-21)23(17-34-26)19-13-15-20(27)16-14-19/h4,7-8,11-17H,3,5-6,9-10H2,1-2H3. The van der Waals surface area contributed by atoms with Gasteiger partial charge in [0.2, 0.25) is 4.80 Å². The summed E-state index contributed by atoms with van der Waals surface area (Å²) in [6.45, 7) is 1.93. The van der Waals surface area contributed by atoms with Crippen LogP contribution in [0.4, 0.5) is 5.69 Å². The molecule has 0 atom stereocenters. The van der Waals surface area contributed by atoms with E-state index in [1.165, 1.54) is 36.3 Å². The van der Waals surface area contributed by atoms with Gasteiger partial charge in [0.25, 0.3) is 5.56 Å². The third-order valence-electron chi connectivity index (χ3n) is 6.23. The average Bonchev–Trinajstić information content (AvgIpc) is 3.34. The van der Waals surface area contributed by atoms with E-state index in [1.54, 1.807) is 4.68 Å². The van der Waals surface area contributed by atoms with Crippen LogP contribution in [0, 0.1) is 6.92 Å². The number of nitrogens with zero attached hydrogens (tertiary/aromatic N) is 5. The van der Waals surface area contributed by atoms with E-state index in [1.807, 2.05) is 65.8 Å². The Hall–Kier alpha value is -2.97. The summed E-state index contributed by atoms with van der Waals surface area (Å²) in [5.41, 5.74) is 5.16. The van der Waals surface area contributed by atoms with Gasteiger partial charge in [0.1, 0.15) is 0 Å². The average molecular weight is 536 g/mol. The molecule has 0 amide bonds. The molecule has 1 aliphatic carbocycles. The molecule has 8 heteroatoms. The summed E-state index contributed by atoms with van der Waals surface area (Å²) >= 11 is 5.03. The van der Waals surface area contributed by atoms with Crippen LogP contribution in [-0.4, -0.2) is 19.8 Å². The molecule has 34 heavy (non-hydrogen) atoms. The Morgan fingerprint density at radius 3 is 2.38 bits per heavy atom. The third kappa shape index (κ3) is 4.40. The van der Waals surface area contributed by atoms with Crippen LogP contribution in [-0.2, 0) is 7.05 Å². The Bertz CT molecular complexity index is 1460. The van der Waals surface area contributed by atoms with Crippen molar-refractivity contribution in [1.82, 2.24) is 14.0 Å². The predicted molar refractivity (Wildman–Crippen MR) is 142 cm³/mol. The van der Waals surface area contributed by atoms with E-state index in [4.69, 9.17) is 10.1 Å². The predicted octanol–water partition coefficient (Wildman–Crippen LogP) is 6.18. The van der Waals surface area contributed by atoms with Gasteiger partial charge in [0.15, 0.2) is 5.69 Å². The third-order valence-corrected chi connectivity index (χ3v) is 7.57. The second kappa shape index (κ2) is 9.72. The molecule has 0 saturated heterocycles. The van der Waals surface area contributed by atoms with Crippen molar-refractivity contribution in [3.05, 3.63) is 85.3 Å². The minimum Gasteiger partial charge on any atom is -0.283 e. The van der Waals surface area contributed by atoms with Crippen molar-refractivity contribution in [2.24, 2.45) is 17.1 Å². The van der Waals surface area contributed by atoms with Crippen molar-refractivity contribution < 1.29 is 0 Å². The molecule has 0 radical (unpaired) electrons. The lowest BCUT2D eigenvalue weighted by molar-refractivity contribution is 0.630. The maximum absolute atomic E-state index is 13.4. The number of hydrogen-bond acceptors (Lipinski definition) is 4. The summed E-state index contributed by atoms with van der Waals surface area (Å²) in [6.07, 6.45) is 5.61. The van der Waals surface area contributed by atoms with Crippen molar-refractivity contribution in [2.45, 2.75) is 39.0 Å². The molecule has 174 valence electrons. The zero-order chi connectivity index (χ0) is 23.7. The molecule has 0 aliphatic heterocycles. The fourth-order valence-electron chi connectivity index (χ4n) is 4.27. The molecule has 2 heterocycles. The number of benzene rings is 2. The highest BCUT2D eigenvalue weighted by Crippen LogP contribution is 2.24. The Kier molecular flexibility index (Phi) is 6.52. The number of para-hydroxylation sites is 1. The molecule has 0 bridgehead atoms. The maximum atomic E-state index is 13.4. The van der Waals surface area contributed by atoms with E-state index in [0.717, 1.165) is 40.0 Å². The lowest BCUT2D eigenvalue weighted by Gasteiger charge is -2.13. The lowest BCUT2D eigenvalue weighted by Crippen LogP contribution is -2.20. The van der Waals surface area contributed by atoms with Crippen LogP contribution in [0.25, 0.3) is 16.9 Å². The van der Waals surface area contributed by atoms with E-state index in [9.17, 15) is 4.79 Å². The van der Waals surface area contributed by atoms with Gasteiger partial charge in [-0.15, -0.1) is 11.3 Å². The summed E-state index contributed by atoms with van der Waals surface area (Å²) in [5, 5.41) is 7.11. The van der Waals surface area contributed by atoms with E-state index < -0.39 is 0 Å². The second-order valence-electron chi connectivity index (χ2n) is 8.47. The van der Waals surface area contributed by atoms with E-state index in [0.29, 0.717) is 10.5 Å². The zero-order valence-electron chi connectivity index (χ0n) is 19.2. The normalized spacial score (nSPS) is 14.6. The molecule has 0 spiro atoms. The van der Waals surface area contributed by atoms with Gasteiger partial charge >= 0.3 is 0 Å². The highest BCUT2D eigenvalue weighted by molar-refractivity contribution is 9.10. The minimum absolute atomic E-state index is 0.137. The van der Waals surface area contributed by atoms with Gasteiger partial charge in [-0.1, -0.05) is 52.7 Å². The van der Waals surface area contributed by atoms with E-state index >= 15 is 0 Å². The Morgan fingerprint density at radius 2 is 1.68 bits per heavy atom. The van der Waals surface area contributed by atoms with Crippen molar-refractivity contribution in [3.8, 4) is 16.9 Å². The fraction of sp³-hybridized carbons (Fsp3) is 0.269. The molecule has 0 N–H and O–H groups in total. The van der Waals surface area contributed by atoms with Crippen molar-refractivity contribution >= 4 is 38.7 Å². The molecular formula is C26H26BrN5OS. The summed E-state index contributed by atoms with van der Waals surface area (Å²) in [5.74, 6) is 0. The van der Waals surface area contributed by atoms with Crippen LogP contribution >= 0.6 is 27.3 Å². The van der Waals surface area contributed by atoms with Gasteiger partial charge in [-0.2, -0.15) is 5.10 Å². The van der Waals surface area contributed by atoms with Crippen LogP contribution in [0.2, 0.25) is 0 Å². The van der Waals surface area contributed by atoms with Crippen LogP contribution < -0.4 is 10.4 Å². The molecular weight excluding hydrogens is 510 g/mol. The maximum Gasteiger partial charge on any atom is 0.297 e. The van der Waals surface area contributed by atoms with Crippen molar-refractivity contribution in [1.29, 1.82) is 0 Å². The zero-order valence-corrected chi connectivity index (χ0v) is 21.6. The van der Waals surface area contributed by atoms with Crippen molar-refractivity contribution in [2.75, 3.05) is 0 Å². The first-order valence-corrected chi connectivity index (χ1v) is 13.1. The summed E-state index contributed by atoms with van der Waals surface area (Å²) in [4.78, 5) is 19.0. The van der Waals surface area contributed by atoms with Gasteiger partial charge in [-0.3, -0.25) is 9.48 Å². The van der Waals surface area contributed by atoms with Gasteiger partial charge in [-0.05, 0) is 56.9 Å². The molecule has 1 aliphatic rings. The second-order valence-corrected chi connectivity index (χ2v) is 10.2. The Balaban J connectivity index is 1.70. The number of aromatic nitrogens is 3. The molecule has 6 nitrogen and oxygen atoms in total. The molecule has 2 aromatic carbocycles. The topological polar surface area (TPSA) is 56.6 Å². The monoisotopic (exact) mass is 535 g/mol. The molecule has 1 fully saturated rings. The first-order valence-electron chi connectivity index (χ1n) is 11.4.